The molecule has 0 amide bonds. The first kappa shape index (κ1) is 18.6. The van der Waals surface area contributed by atoms with E-state index in [1.54, 1.807) is 24.3 Å². The number of nitrogens with zero attached hydrogens (tertiary/aromatic N) is 3. The zero-order valence-electron chi connectivity index (χ0n) is 15.1. The molecule has 0 spiro atoms. The summed E-state index contributed by atoms with van der Waals surface area (Å²) in [5.41, 5.74) is 3.39. The van der Waals surface area contributed by atoms with E-state index in [4.69, 9.17) is 16.0 Å². The first-order valence-electron chi connectivity index (χ1n) is 8.57. The van der Waals surface area contributed by atoms with Crippen LogP contribution >= 0.6 is 11.6 Å². The quantitative estimate of drug-likeness (QED) is 0.263. The molecule has 0 saturated heterocycles. The third kappa shape index (κ3) is 3.81. The van der Waals surface area contributed by atoms with Gasteiger partial charge in [-0.15, -0.1) is 0 Å². The SMILES string of the molecule is Cc1ccc2oc(-c3ccc(N=Cc4cc(Cl)cc([N+](=O)[O-])c4[O-])cc3)nc2c1. The lowest BCUT2D eigenvalue weighted by molar-refractivity contribution is -0.398. The number of benzene rings is 3. The number of aromatic nitrogens is 1. The van der Waals surface area contributed by atoms with Crippen molar-refractivity contribution < 1.29 is 14.4 Å². The highest BCUT2D eigenvalue weighted by molar-refractivity contribution is 6.31. The van der Waals surface area contributed by atoms with E-state index in [9.17, 15) is 15.2 Å². The minimum absolute atomic E-state index is 0.0441. The topological polar surface area (TPSA) is 105 Å². The molecule has 0 aliphatic carbocycles. The summed E-state index contributed by atoms with van der Waals surface area (Å²) in [6.45, 7) is 1.99. The van der Waals surface area contributed by atoms with Crippen LogP contribution in [0, 0.1) is 17.0 Å². The Labute approximate surface area is 170 Å². The van der Waals surface area contributed by atoms with Crippen molar-refractivity contribution in [1.29, 1.82) is 0 Å². The van der Waals surface area contributed by atoms with Crippen LogP contribution in [-0.4, -0.2) is 16.1 Å². The fourth-order valence-electron chi connectivity index (χ4n) is 2.83. The molecule has 0 radical (unpaired) electrons. The molecule has 3 aromatic carbocycles. The van der Waals surface area contributed by atoms with E-state index in [-0.39, 0.29) is 10.6 Å². The number of aryl methyl sites for hydroxylation is 1. The molecule has 29 heavy (non-hydrogen) atoms. The lowest BCUT2D eigenvalue weighted by Gasteiger charge is -2.10. The van der Waals surface area contributed by atoms with Crippen molar-refractivity contribution >= 4 is 40.3 Å². The number of halogens is 1. The average molecular weight is 407 g/mol. The van der Waals surface area contributed by atoms with Gasteiger partial charge >= 0.3 is 0 Å². The summed E-state index contributed by atoms with van der Waals surface area (Å²) in [4.78, 5) is 18.9. The molecule has 0 unspecified atom stereocenters. The predicted octanol–water partition coefficient (Wildman–Crippen LogP) is 5.19. The lowest BCUT2D eigenvalue weighted by atomic mass is 10.2. The van der Waals surface area contributed by atoms with Gasteiger partial charge in [0.15, 0.2) is 5.58 Å². The smallest absolute Gasteiger partial charge is 0.263 e. The summed E-state index contributed by atoms with van der Waals surface area (Å²) in [6.07, 6.45) is 1.26. The average Bonchev–Trinajstić information content (AvgIpc) is 3.11. The second-order valence-corrected chi connectivity index (χ2v) is 6.83. The molecule has 8 heteroatoms. The summed E-state index contributed by atoms with van der Waals surface area (Å²) in [6, 6.07) is 15.2. The molecule has 1 aromatic heterocycles. The van der Waals surface area contributed by atoms with Gasteiger partial charge in [0.05, 0.1) is 10.6 Å². The van der Waals surface area contributed by atoms with Crippen LogP contribution in [0.25, 0.3) is 22.6 Å². The molecular formula is C21H13ClN3O4-. The summed E-state index contributed by atoms with van der Waals surface area (Å²) in [5.74, 6) is -0.241. The van der Waals surface area contributed by atoms with Crippen molar-refractivity contribution in [3.63, 3.8) is 0 Å². The minimum atomic E-state index is -0.762. The Hall–Kier alpha value is -3.71. The van der Waals surface area contributed by atoms with Crippen molar-refractivity contribution in [3.8, 4) is 17.2 Å². The Morgan fingerprint density at radius 2 is 1.90 bits per heavy atom. The second kappa shape index (κ2) is 7.37. The molecule has 144 valence electrons. The van der Waals surface area contributed by atoms with Crippen molar-refractivity contribution in [1.82, 2.24) is 4.98 Å². The van der Waals surface area contributed by atoms with Crippen LogP contribution in [-0.2, 0) is 0 Å². The highest BCUT2D eigenvalue weighted by Gasteiger charge is 2.11. The molecular weight excluding hydrogens is 394 g/mol. The maximum atomic E-state index is 12.1. The van der Waals surface area contributed by atoms with E-state index < -0.39 is 16.4 Å². The van der Waals surface area contributed by atoms with Crippen molar-refractivity contribution in [2.45, 2.75) is 6.92 Å². The first-order valence-corrected chi connectivity index (χ1v) is 8.95. The number of nitro groups is 1. The standard InChI is InChI=1S/C21H14ClN3O4/c1-12-2-7-19-17(8-12)24-21(29-19)13-3-5-16(6-4-13)23-11-14-9-15(22)10-18(20(14)26)25(27)28/h2-11,26H,1H3/p-1. The first-order chi connectivity index (χ1) is 13.9. The van der Waals surface area contributed by atoms with Gasteiger partial charge in [-0.1, -0.05) is 17.7 Å². The van der Waals surface area contributed by atoms with Gasteiger partial charge in [0.2, 0.25) is 5.89 Å². The number of fused-ring (bicyclic) bond motifs is 1. The largest absolute Gasteiger partial charge is 0.867 e. The minimum Gasteiger partial charge on any atom is -0.867 e. The third-order valence-electron chi connectivity index (χ3n) is 4.27. The maximum Gasteiger partial charge on any atom is 0.263 e. The molecule has 0 aliphatic rings. The molecule has 4 rings (SSSR count). The number of nitro benzene ring substituents is 1. The normalized spacial score (nSPS) is 11.4. The van der Waals surface area contributed by atoms with Crippen LogP contribution in [0.15, 0.2) is 64.0 Å². The summed E-state index contributed by atoms with van der Waals surface area (Å²) >= 11 is 5.86. The van der Waals surface area contributed by atoms with Crippen LogP contribution in [0.4, 0.5) is 11.4 Å². The van der Waals surface area contributed by atoms with Gasteiger partial charge in [0.25, 0.3) is 5.69 Å². The zero-order chi connectivity index (χ0) is 20.5. The van der Waals surface area contributed by atoms with Gasteiger partial charge in [-0.05, 0) is 66.3 Å². The van der Waals surface area contributed by atoms with E-state index in [0.29, 0.717) is 17.2 Å². The Bertz CT molecular complexity index is 1260. The molecule has 0 N–H and O–H groups in total. The molecule has 0 saturated carbocycles. The van der Waals surface area contributed by atoms with E-state index in [2.05, 4.69) is 9.98 Å². The third-order valence-corrected chi connectivity index (χ3v) is 4.49. The molecule has 0 atom stereocenters. The second-order valence-electron chi connectivity index (χ2n) is 6.40. The fourth-order valence-corrected chi connectivity index (χ4v) is 3.05. The van der Waals surface area contributed by atoms with Crippen LogP contribution in [0.5, 0.6) is 5.75 Å². The Morgan fingerprint density at radius 3 is 2.62 bits per heavy atom. The van der Waals surface area contributed by atoms with Gasteiger partial charge < -0.3 is 9.52 Å². The van der Waals surface area contributed by atoms with Crippen molar-refractivity contribution in [2.75, 3.05) is 0 Å². The molecule has 1 heterocycles. The highest BCUT2D eigenvalue weighted by atomic mass is 35.5. The highest BCUT2D eigenvalue weighted by Crippen LogP contribution is 2.31. The summed E-state index contributed by atoms with van der Waals surface area (Å²) < 4.78 is 5.77. The number of aliphatic imine (C=N–C) groups is 1. The molecule has 0 aliphatic heterocycles. The Kier molecular flexibility index (Phi) is 4.74. The van der Waals surface area contributed by atoms with Crippen molar-refractivity contribution in [3.05, 3.63) is 80.9 Å². The van der Waals surface area contributed by atoms with Gasteiger partial charge in [-0.25, -0.2) is 4.98 Å². The van der Waals surface area contributed by atoms with E-state index in [0.717, 1.165) is 22.7 Å². The van der Waals surface area contributed by atoms with Gasteiger partial charge in [0, 0.05) is 22.9 Å². The molecule has 7 nitrogen and oxygen atoms in total. The number of oxazole rings is 1. The predicted molar refractivity (Wildman–Crippen MR) is 109 cm³/mol. The van der Waals surface area contributed by atoms with Gasteiger partial charge in [0.1, 0.15) is 5.52 Å². The fraction of sp³-hybridized carbons (Fsp3) is 0.0476. The number of rotatable bonds is 4. The molecule has 0 fully saturated rings. The van der Waals surface area contributed by atoms with Crippen LogP contribution in [0.1, 0.15) is 11.1 Å². The van der Waals surface area contributed by atoms with E-state index >= 15 is 0 Å². The Balaban J connectivity index is 1.60. The Morgan fingerprint density at radius 1 is 1.14 bits per heavy atom. The van der Waals surface area contributed by atoms with Crippen LogP contribution in [0.2, 0.25) is 5.02 Å². The molecule has 0 bridgehead atoms. The van der Waals surface area contributed by atoms with Gasteiger partial charge in [-0.2, -0.15) is 0 Å². The summed E-state index contributed by atoms with van der Waals surface area (Å²) in [7, 11) is 0. The van der Waals surface area contributed by atoms with Gasteiger partial charge in [-0.3, -0.25) is 15.1 Å². The monoisotopic (exact) mass is 406 g/mol. The number of hydrogen-bond donors (Lipinski definition) is 0. The van der Waals surface area contributed by atoms with Crippen LogP contribution in [0.3, 0.4) is 0 Å². The van der Waals surface area contributed by atoms with E-state index in [1.165, 1.54) is 12.3 Å². The van der Waals surface area contributed by atoms with E-state index in [1.807, 2.05) is 25.1 Å². The summed E-state index contributed by atoms with van der Waals surface area (Å²) in [5, 5.41) is 23.2. The van der Waals surface area contributed by atoms with Crippen molar-refractivity contribution in [2.24, 2.45) is 4.99 Å². The number of hydrogen-bond acceptors (Lipinski definition) is 6. The lowest BCUT2D eigenvalue weighted by Crippen LogP contribution is -2.02. The van der Waals surface area contributed by atoms with Crippen LogP contribution < -0.4 is 5.11 Å². The zero-order valence-corrected chi connectivity index (χ0v) is 15.9. The maximum absolute atomic E-state index is 12.1. The molecule has 4 aromatic rings.